The molecule has 7 nitrogen and oxygen atoms in total. The van der Waals surface area contributed by atoms with E-state index in [-0.39, 0.29) is 23.3 Å². The zero-order chi connectivity index (χ0) is 20.5. The van der Waals surface area contributed by atoms with E-state index in [1.54, 1.807) is 24.2 Å². The highest BCUT2D eigenvalue weighted by Crippen LogP contribution is 2.23. The number of carbonyl (C=O) groups excluding carboxylic acids is 3. The maximum atomic E-state index is 12.8. The maximum absolute atomic E-state index is 12.8. The predicted octanol–water partition coefficient (Wildman–Crippen LogP) is 2.43. The summed E-state index contributed by atoms with van der Waals surface area (Å²) in [5.41, 5.74) is 3.03. The van der Waals surface area contributed by atoms with E-state index in [1.807, 2.05) is 41.2 Å². The first kappa shape index (κ1) is 18.6. The van der Waals surface area contributed by atoms with Gasteiger partial charge in [0.15, 0.2) is 0 Å². The van der Waals surface area contributed by atoms with E-state index in [0.29, 0.717) is 24.2 Å². The van der Waals surface area contributed by atoms with Gasteiger partial charge in [0, 0.05) is 38.0 Å². The molecule has 0 saturated carbocycles. The van der Waals surface area contributed by atoms with Crippen LogP contribution in [-0.4, -0.2) is 51.4 Å². The van der Waals surface area contributed by atoms with Gasteiger partial charge in [-0.3, -0.25) is 24.0 Å². The number of aromatic nitrogens is 2. The highest BCUT2D eigenvalue weighted by molar-refractivity contribution is 6.21. The maximum Gasteiger partial charge on any atom is 0.261 e. The number of hydrogen-bond donors (Lipinski definition) is 0. The summed E-state index contributed by atoms with van der Waals surface area (Å²) in [6.07, 6.45) is 3.66. The fraction of sp³-hybridized carbons (Fsp3) is 0.182. The minimum atomic E-state index is -0.385. The van der Waals surface area contributed by atoms with Crippen molar-refractivity contribution < 1.29 is 14.4 Å². The zero-order valence-corrected chi connectivity index (χ0v) is 16.2. The number of nitrogens with zero attached hydrogens (tertiary/aromatic N) is 4. The molecule has 0 aliphatic carbocycles. The van der Waals surface area contributed by atoms with Gasteiger partial charge in [0.25, 0.3) is 17.7 Å². The Bertz CT molecular complexity index is 1100. The van der Waals surface area contributed by atoms with Gasteiger partial charge in [0.2, 0.25) is 0 Å². The lowest BCUT2D eigenvalue weighted by Crippen LogP contribution is -2.26. The molecule has 0 N–H and O–H groups in total. The van der Waals surface area contributed by atoms with Crippen molar-refractivity contribution in [3.05, 3.63) is 88.7 Å². The van der Waals surface area contributed by atoms with Crippen molar-refractivity contribution in [3.63, 3.8) is 0 Å². The minimum Gasteiger partial charge on any atom is -0.337 e. The highest BCUT2D eigenvalue weighted by Gasteiger charge is 2.33. The Labute approximate surface area is 168 Å². The molecule has 3 aromatic rings. The van der Waals surface area contributed by atoms with E-state index in [2.05, 4.69) is 5.10 Å². The third-order valence-electron chi connectivity index (χ3n) is 4.98. The standard InChI is InChI=1S/C22H20N4O3/c1-24(12-16-11-23-26(14-16)13-15-6-4-3-5-7-15)20(27)17-8-9-18-19(10-17)22(29)25(2)21(18)28/h3-11,14H,12-13H2,1-2H3. The average molecular weight is 388 g/mol. The van der Waals surface area contributed by atoms with Gasteiger partial charge in [-0.15, -0.1) is 0 Å². The van der Waals surface area contributed by atoms with E-state index in [1.165, 1.54) is 19.2 Å². The second kappa shape index (κ2) is 7.35. The monoisotopic (exact) mass is 388 g/mol. The minimum absolute atomic E-state index is 0.224. The van der Waals surface area contributed by atoms with Crippen molar-refractivity contribution in [2.24, 2.45) is 0 Å². The van der Waals surface area contributed by atoms with Gasteiger partial charge in [0.1, 0.15) is 0 Å². The molecule has 2 aromatic carbocycles. The Hall–Kier alpha value is -3.74. The second-order valence-electron chi connectivity index (χ2n) is 7.12. The molecule has 3 amide bonds. The summed E-state index contributed by atoms with van der Waals surface area (Å²) >= 11 is 0. The number of fused-ring (bicyclic) bond motifs is 1. The number of carbonyl (C=O) groups is 3. The van der Waals surface area contributed by atoms with Crippen LogP contribution in [0.3, 0.4) is 0 Å². The van der Waals surface area contributed by atoms with E-state index < -0.39 is 0 Å². The fourth-order valence-electron chi connectivity index (χ4n) is 3.41. The first-order valence-electron chi connectivity index (χ1n) is 9.21. The summed E-state index contributed by atoms with van der Waals surface area (Å²) < 4.78 is 1.83. The van der Waals surface area contributed by atoms with E-state index in [0.717, 1.165) is 16.0 Å². The lowest BCUT2D eigenvalue weighted by molar-refractivity contribution is 0.0692. The van der Waals surface area contributed by atoms with Gasteiger partial charge in [-0.05, 0) is 23.8 Å². The first-order valence-corrected chi connectivity index (χ1v) is 9.21. The third kappa shape index (κ3) is 3.54. The molecule has 0 atom stereocenters. The molecule has 4 rings (SSSR count). The van der Waals surface area contributed by atoms with Crippen molar-refractivity contribution in [3.8, 4) is 0 Å². The largest absolute Gasteiger partial charge is 0.337 e. The normalized spacial score (nSPS) is 13.0. The Morgan fingerprint density at radius 3 is 2.48 bits per heavy atom. The van der Waals surface area contributed by atoms with Crippen LogP contribution in [0.5, 0.6) is 0 Å². The van der Waals surface area contributed by atoms with Crippen LogP contribution in [0.2, 0.25) is 0 Å². The summed E-state index contributed by atoms with van der Waals surface area (Å²) in [7, 11) is 3.13. The quantitative estimate of drug-likeness (QED) is 0.629. The Morgan fingerprint density at radius 2 is 1.72 bits per heavy atom. The number of imide groups is 1. The number of rotatable bonds is 5. The summed E-state index contributed by atoms with van der Waals surface area (Å²) in [6.45, 7) is 1.05. The third-order valence-corrected chi connectivity index (χ3v) is 4.98. The van der Waals surface area contributed by atoms with Gasteiger partial charge in [0.05, 0.1) is 23.9 Å². The van der Waals surface area contributed by atoms with Gasteiger partial charge < -0.3 is 4.90 Å². The van der Waals surface area contributed by atoms with E-state index in [4.69, 9.17) is 0 Å². The molecule has 0 fully saturated rings. The molecule has 1 aromatic heterocycles. The van der Waals surface area contributed by atoms with Crippen LogP contribution < -0.4 is 0 Å². The topological polar surface area (TPSA) is 75.5 Å². The number of amides is 3. The van der Waals surface area contributed by atoms with Gasteiger partial charge in [-0.2, -0.15) is 5.10 Å². The molecule has 1 aliphatic rings. The Morgan fingerprint density at radius 1 is 1.00 bits per heavy atom. The lowest BCUT2D eigenvalue weighted by atomic mass is 10.0. The van der Waals surface area contributed by atoms with Crippen LogP contribution in [0.1, 0.15) is 42.2 Å². The molecule has 0 bridgehead atoms. The van der Waals surface area contributed by atoms with Gasteiger partial charge >= 0.3 is 0 Å². The molecule has 0 spiro atoms. The molecular formula is C22H20N4O3. The van der Waals surface area contributed by atoms with Gasteiger partial charge in [-0.25, -0.2) is 0 Å². The van der Waals surface area contributed by atoms with Crippen LogP contribution in [0, 0.1) is 0 Å². The SMILES string of the molecule is CN(Cc1cnn(Cc2ccccc2)c1)C(=O)c1ccc2c(c1)C(=O)N(C)C2=O. The van der Waals surface area contributed by atoms with Crippen LogP contribution in [0.25, 0.3) is 0 Å². The van der Waals surface area contributed by atoms with Crippen LogP contribution in [0.15, 0.2) is 60.9 Å². The van der Waals surface area contributed by atoms with Crippen LogP contribution >= 0.6 is 0 Å². The van der Waals surface area contributed by atoms with E-state index in [9.17, 15) is 14.4 Å². The Balaban J connectivity index is 1.46. The molecule has 29 heavy (non-hydrogen) atoms. The molecule has 7 heteroatoms. The van der Waals surface area contributed by atoms with Crippen molar-refractivity contribution in [2.75, 3.05) is 14.1 Å². The molecule has 0 radical (unpaired) electrons. The molecular weight excluding hydrogens is 368 g/mol. The molecule has 1 aliphatic heterocycles. The highest BCUT2D eigenvalue weighted by atomic mass is 16.2. The molecule has 0 saturated heterocycles. The second-order valence-corrected chi connectivity index (χ2v) is 7.12. The Kier molecular flexibility index (Phi) is 4.72. The average Bonchev–Trinajstić information content (AvgIpc) is 3.26. The van der Waals surface area contributed by atoms with Crippen molar-refractivity contribution in [1.82, 2.24) is 19.6 Å². The predicted molar refractivity (Wildman–Crippen MR) is 106 cm³/mol. The summed E-state index contributed by atoms with van der Waals surface area (Å²) in [5, 5.41) is 4.36. The fourth-order valence-corrected chi connectivity index (χ4v) is 3.41. The smallest absolute Gasteiger partial charge is 0.261 e. The first-order chi connectivity index (χ1) is 13.9. The van der Waals surface area contributed by atoms with Gasteiger partial charge in [-0.1, -0.05) is 30.3 Å². The van der Waals surface area contributed by atoms with Crippen molar-refractivity contribution in [2.45, 2.75) is 13.1 Å². The number of hydrogen-bond acceptors (Lipinski definition) is 4. The lowest BCUT2D eigenvalue weighted by Gasteiger charge is -2.16. The van der Waals surface area contributed by atoms with Crippen LogP contribution in [-0.2, 0) is 13.1 Å². The van der Waals surface area contributed by atoms with Crippen molar-refractivity contribution in [1.29, 1.82) is 0 Å². The summed E-state index contributed by atoms with van der Waals surface area (Å²) in [6, 6.07) is 14.6. The number of benzene rings is 2. The molecule has 146 valence electrons. The summed E-state index contributed by atoms with van der Waals surface area (Å²) in [4.78, 5) is 39.6. The molecule has 2 heterocycles. The zero-order valence-electron chi connectivity index (χ0n) is 16.2. The molecule has 0 unspecified atom stereocenters. The summed E-state index contributed by atoms with van der Waals surface area (Å²) in [5.74, 6) is -0.953. The van der Waals surface area contributed by atoms with Crippen LogP contribution in [0.4, 0.5) is 0 Å². The van der Waals surface area contributed by atoms with E-state index >= 15 is 0 Å². The van der Waals surface area contributed by atoms with Crippen molar-refractivity contribution >= 4 is 17.7 Å².